The third-order valence-corrected chi connectivity index (χ3v) is 4.10. The highest BCUT2D eigenvalue weighted by molar-refractivity contribution is 5.86. The Kier molecular flexibility index (Phi) is 6.76. The lowest BCUT2D eigenvalue weighted by Gasteiger charge is -2.31. The fraction of sp³-hybridized carbons (Fsp3) is 0.286. The van der Waals surface area contributed by atoms with Gasteiger partial charge in [0.15, 0.2) is 0 Å². The van der Waals surface area contributed by atoms with E-state index in [0.717, 1.165) is 24.0 Å². The molecule has 0 aliphatic heterocycles. The molecule has 0 aromatic heterocycles. The van der Waals surface area contributed by atoms with Crippen molar-refractivity contribution in [2.75, 3.05) is 13.2 Å². The quantitative estimate of drug-likeness (QED) is 0.558. The molecule has 126 valence electrons. The molecule has 2 rings (SSSR count). The molecule has 0 radical (unpaired) electrons. The van der Waals surface area contributed by atoms with Crippen molar-refractivity contribution in [3.8, 4) is 0 Å². The van der Waals surface area contributed by atoms with Crippen LogP contribution in [0.3, 0.4) is 0 Å². The largest absolute Gasteiger partial charge is 0.366 e. The number of benzene rings is 2. The highest BCUT2D eigenvalue weighted by atomic mass is 16.5. The number of carbonyl (C=O) groups excluding carboxylic acids is 1. The lowest BCUT2D eigenvalue weighted by Crippen LogP contribution is -2.28. The summed E-state index contributed by atoms with van der Waals surface area (Å²) in [6.07, 6.45) is 3.05. The lowest BCUT2D eigenvalue weighted by molar-refractivity contribution is -0.116. The topological polar surface area (TPSA) is 38.3 Å². The van der Waals surface area contributed by atoms with Crippen LogP contribution in [0.1, 0.15) is 30.9 Å². The van der Waals surface area contributed by atoms with Gasteiger partial charge in [0.05, 0.1) is 0 Å². The fourth-order valence-electron chi connectivity index (χ4n) is 2.63. The molecule has 0 heterocycles. The Bertz CT molecular complexity index is 598. The molecule has 24 heavy (non-hydrogen) atoms. The van der Waals surface area contributed by atoms with E-state index in [1.807, 2.05) is 36.4 Å². The van der Waals surface area contributed by atoms with E-state index >= 15 is 0 Å². The first-order chi connectivity index (χ1) is 11.7. The minimum absolute atomic E-state index is 0.130. The summed E-state index contributed by atoms with van der Waals surface area (Å²) in [6, 6.07) is 20.5. The second-order valence-electron chi connectivity index (χ2n) is 5.82. The number of rotatable bonds is 9. The molecule has 2 aromatic rings. The zero-order valence-electron chi connectivity index (χ0n) is 14.2. The average Bonchev–Trinajstić information content (AvgIpc) is 2.65. The van der Waals surface area contributed by atoms with Gasteiger partial charge in [0.2, 0.25) is 5.91 Å². The van der Waals surface area contributed by atoms with Crippen LogP contribution in [0.2, 0.25) is 0 Å². The molecule has 1 N–H and O–H groups in total. The minimum Gasteiger partial charge on any atom is -0.366 e. The van der Waals surface area contributed by atoms with E-state index in [0.29, 0.717) is 13.2 Å². The van der Waals surface area contributed by atoms with Crippen LogP contribution in [0.15, 0.2) is 73.3 Å². The van der Waals surface area contributed by atoms with Gasteiger partial charge < -0.3 is 10.1 Å². The number of nitrogens with one attached hydrogen (secondary N) is 1. The van der Waals surface area contributed by atoms with Crippen LogP contribution < -0.4 is 5.32 Å². The summed E-state index contributed by atoms with van der Waals surface area (Å²) in [5.74, 6) is -0.130. The second kappa shape index (κ2) is 9.04. The van der Waals surface area contributed by atoms with Crippen LogP contribution in [0.25, 0.3) is 0 Å². The first-order valence-corrected chi connectivity index (χ1v) is 8.32. The van der Waals surface area contributed by atoms with Crippen molar-refractivity contribution in [3.63, 3.8) is 0 Å². The van der Waals surface area contributed by atoms with Gasteiger partial charge >= 0.3 is 0 Å². The van der Waals surface area contributed by atoms with E-state index in [1.54, 1.807) is 0 Å². The van der Waals surface area contributed by atoms with Crippen molar-refractivity contribution in [1.29, 1.82) is 0 Å². The number of ether oxygens (including phenoxy) is 1. The molecular formula is C21H25NO2. The summed E-state index contributed by atoms with van der Waals surface area (Å²) in [5.41, 5.74) is 1.79. The molecule has 0 atom stereocenters. The van der Waals surface area contributed by atoms with E-state index in [9.17, 15) is 4.79 Å². The van der Waals surface area contributed by atoms with E-state index < -0.39 is 5.60 Å². The fourth-order valence-corrected chi connectivity index (χ4v) is 2.63. The smallest absolute Gasteiger partial charge is 0.243 e. The van der Waals surface area contributed by atoms with Crippen LogP contribution in [-0.2, 0) is 15.1 Å². The van der Waals surface area contributed by atoms with Crippen molar-refractivity contribution in [2.45, 2.75) is 25.4 Å². The number of hydrogen-bond acceptors (Lipinski definition) is 2. The molecule has 3 heteroatoms. The Balaban J connectivity index is 1.98. The van der Waals surface area contributed by atoms with E-state index in [2.05, 4.69) is 43.1 Å². The normalized spacial score (nSPS) is 11.0. The first-order valence-electron chi connectivity index (χ1n) is 8.32. The zero-order chi connectivity index (χ0) is 17.3. The molecule has 3 nitrogen and oxygen atoms in total. The van der Waals surface area contributed by atoms with Crippen molar-refractivity contribution in [2.24, 2.45) is 0 Å². The van der Waals surface area contributed by atoms with Gasteiger partial charge in [-0.1, -0.05) is 67.2 Å². The van der Waals surface area contributed by atoms with E-state index in [1.165, 1.54) is 6.08 Å². The van der Waals surface area contributed by atoms with Gasteiger partial charge in [0, 0.05) is 13.2 Å². The Morgan fingerprint density at radius 1 is 1.04 bits per heavy atom. The molecule has 0 unspecified atom stereocenters. The van der Waals surface area contributed by atoms with Gasteiger partial charge in [-0.05, 0) is 37.0 Å². The third-order valence-electron chi connectivity index (χ3n) is 4.10. The summed E-state index contributed by atoms with van der Waals surface area (Å²) in [6.45, 7) is 6.82. The van der Waals surface area contributed by atoms with Crippen LogP contribution in [0.5, 0.6) is 0 Å². The van der Waals surface area contributed by atoms with Crippen molar-refractivity contribution in [3.05, 3.63) is 84.4 Å². The maximum absolute atomic E-state index is 11.1. The first kappa shape index (κ1) is 18.0. The molecule has 0 fully saturated rings. The van der Waals surface area contributed by atoms with Gasteiger partial charge in [0.1, 0.15) is 5.60 Å². The maximum atomic E-state index is 11.1. The van der Waals surface area contributed by atoms with Crippen LogP contribution in [0, 0.1) is 0 Å². The van der Waals surface area contributed by atoms with Gasteiger partial charge in [-0.3, -0.25) is 4.79 Å². The summed E-state index contributed by atoms with van der Waals surface area (Å²) in [4.78, 5) is 11.1. The highest BCUT2D eigenvalue weighted by Gasteiger charge is 2.29. The SMILES string of the molecule is C=CC(=O)NCCCCOC(C)(c1ccccc1)c1ccccc1. The molecule has 0 aliphatic carbocycles. The molecule has 0 saturated heterocycles. The predicted molar refractivity (Wildman–Crippen MR) is 97.7 cm³/mol. The number of unbranched alkanes of at least 4 members (excludes halogenated alkanes) is 1. The summed E-state index contributed by atoms with van der Waals surface area (Å²) in [7, 11) is 0. The predicted octanol–water partition coefficient (Wildman–Crippen LogP) is 4.05. The molecule has 0 aliphatic rings. The summed E-state index contributed by atoms with van der Waals surface area (Å²) >= 11 is 0. The third kappa shape index (κ3) is 4.80. The molecule has 0 bridgehead atoms. The van der Waals surface area contributed by atoms with Crippen LogP contribution in [0.4, 0.5) is 0 Å². The van der Waals surface area contributed by atoms with Gasteiger partial charge in [0.25, 0.3) is 0 Å². The minimum atomic E-state index is -0.479. The molecular weight excluding hydrogens is 298 g/mol. The summed E-state index contributed by atoms with van der Waals surface area (Å²) < 4.78 is 6.30. The highest BCUT2D eigenvalue weighted by Crippen LogP contribution is 2.33. The van der Waals surface area contributed by atoms with Crippen molar-refractivity contribution >= 4 is 5.91 Å². The zero-order valence-corrected chi connectivity index (χ0v) is 14.2. The molecule has 0 spiro atoms. The summed E-state index contributed by atoms with van der Waals surface area (Å²) in [5, 5.41) is 2.78. The lowest BCUT2D eigenvalue weighted by atomic mass is 9.88. The Labute approximate surface area is 144 Å². The molecule has 1 amide bonds. The number of amides is 1. The van der Waals surface area contributed by atoms with Crippen LogP contribution >= 0.6 is 0 Å². The number of hydrogen-bond donors (Lipinski definition) is 1. The van der Waals surface area contributed by atoms with Crippen LogP contribution in [-0.4, -0.2) is 19.1 Å². The maximum Gasteiger partial charge on any atom is 0.243 e. The average molecular weight is 323 g/mol. The number of carbonyl (C=O) groups is 1. The van der Waals surface area contributed by atoms with Gasteiger partial charge in [-0.2, -0.15) is 0 Å². The van der Waals surface area contributed by atoms with Gasteiger partial charge in [-0.15, -0.1) is 0 Å². The van der Waals surface area contributed by atoms with E-state index in [4.69, 9.17) is 4.74 Å². The standard InChI is InChI=1S/C21H25NO2/c1-3-20(23)22-16-10-11-17-24-21(2,18-12-6-4-7-13-18)19-14-8-5-9-15-19/h3-9,12-15H,1,10-11,16-17H2,2H3,(H,22,23). The second-order valence-corrected chi connectivity index (χ2v) is 5.82. The van der Waals surface area contributed by atoms with E-state index in [-0.39, 0.29) is 5.91 Å². The Morgan fingerprint density at radius 3 is 2.08 bits per heavy atom. The monoisotopic (exact) mass is 323 g/mol. The van der Waals surface area contributed by atoms with Crippen molar-refractivity contribution in [1.82, 2.24) is 5.32 Å². The molecule has 0 saturated carbocycles. The Hall–Kier alpha value is -2.39. The molecule has 2 aromatic carbocycles. The van der Waals surface area contributed by atoms with Crippen molar-refractivity contribution < 1.29 is 9.53 Å². The Morgan fingerprint density at radius 2 is 1.58 bits per heavy atom. The van der Waals surface area contributed by atoms with Gasteiger partial charge in [-0.25, -0.2) is 0 Å².